The molecule has 0 radical (unpaired) electrons. The van der Waals surface area contributed by atoms with Crippen molar-refractivity contribution in [3.05, 3.63) is 95.3 Å². The molecule has 0 bridgehead atoms. The summed E-state index contributed by atoms with van der Waals surface area (Å²) in [4.78, 5) is 29.5. The van der Waals surface area contributed by atoms with Crippen molar-refractivity contribution in [2.24, 2.45) is 0 Å². The predicted octanol–water partition coefficient (Wildman–Crippen LogP) is 4.59. The van der Waals surface area contributed by atoms with Gasteiger partial charge in [0.2, 0.25) is 0 Å². The van der Waals surface area contributed by atoms with Crippen molar-refractivity contribution in [1.82, 2.24) is 14.7 Å². The molecular weight excluding hydrogens is 480 g/mol. The Hall–Kier alpha value is -4.17. The highest BCUT2D eigenvalue weighted by Crippen LogP contribution is 2.27. The third-order valence-corrected chi connectivity index (χ3v) is 6.68. The number of aromatic nitrogens is 2. The summed E-state index contributed by atoms with van der Waals surface area (Å²) >= 11 is 0. The minimum atomic E-state index is -0.245. The number of rotatable bonds is 8. The molecule has 1 aromatic heterocycles. The number of carbonyl (C=O) groups excluding carboxylic acids is 2. The molecule has 0 unspecified atom stereocenters. The summed E-state index contributed by atoms with van der Waals surface area (Å²) in [5.41, 5.74) is 5.20. The lowest BCUT2D eigenvalue weighted by atomic mass is 10.1. The number of methoxy groups -OCH3 is 1. The second-order valence-corrected chi connectivity index (χ2v) is 9.07. The van der Waals surface area contributed by atoms with Gasteiger partial charge >= 0.3 is 0 Å². The van der Waals surface area contributed by atoms with Gasteiger partial charge in [-0.2, -0.15) is 5.10 Å². The number of ether oxygens (including phenoxy) is 2. The van der Waals surface area contributed by atoms with Crippen molar-refractivity contribution in [3.63, 3.8) is 0 Å². The van der Waals surface area contributed by atoms with Gasteiger partial charge in [-0.1, -0.05) is 31.7 Å². The lowest BCUT2D eigenvalue weighted by Gasteiger charge is -2.27. The van der Waals surface area contributed by atoms with Crippen LogP contribution in [0.4, 0.5) is 5.69 Å². The molecule has 1 aliphatic rings. The van der Waals surface area contributed by atoms with Crippen LogP contribution in [0, 0.1) is 6.92 Å². The van der Waals surface area contributed by atoms with Gasteiger partial charge in [0.25, 0.3) is 11.8 Å². The molecule has 2 amide bonds. The number of morpholine rings is 1. The first-order chi connectivity index (χ1) is 18.4. The van der Waals surface area contributed by atoms with Crippen LogP contribution in [-0.4, -0.2) is 67.0 Å². The quantitative estimate of drug-likeness (QED) is 0.411. The van der Waals surface area contributed by atoms with E-state index in [2.05, 4.69) is 6.58 Å². The summed E-state index contributed by atoms with van der Waals surface area (Å²) < 4.78 is 12.6. The molecule has 3 aromatic rings. The van der Waals surface area contributed by atoms with E-state index in [4.69, 9.17) is 14.6 Å². The zero-order valence-electron chi connectivity index (χ0n) is 22.4. The molecule has 1 aliphatic heterocycles. The van der Waals surface area contributed by atoms with Gasteiger partial charge in [-0.25, -0.2) is 4.68 Å². The highest BCUT2D eigenvalue weighted by atomic mass is 16.5. The van der Waals surface area contributed by atoms with Crippen LogP contribution in [0.5, 0.6) is 5.75 Å². The third-order valence-electron chi connectivity index (χ3n) is 6.68. The fourth-order valence-electron chi connectivity index (χ4n) is 4.43. The summed E-state index contributed by atoms with van der Waals surface area (Å²) in [6.45, 7) is 10.1. The minimum absolute atomic E-state index is 0.0329. The first-order valence-corrected chi connectivity index (χ1v) is 12.7. The average molecular weight is 515 g/mol. The standard InChI is InChI=1S/C30H34N4O4/c1-6-8-27(23-10-9-21(3)28(19-23)37-5)34-24(7-2)20-26(31-34)30(36)32(4)25-13-11-22(12-14-25)29(35)33-15-17-38-18-16-33/h6,8-14,19-20H,1,7,15-18H2,2-5H3/b27-8-. The summed E-state index contributed by atoms with van der Waals surface area (Å²) in [6.07, 6.45) is 4.26. The van der Waals surface area contributed by atoms with E-state index in [0.717, 1.165) is 28.3 Å². The van der Waals surface area contributed by atoms with Crippen molar-refractivity contribution in [3.8, 4) is 5.75 Å². The number of aryl methyl sites for hydroxylation is 2. The Morgan fingerprint density at radius 2 is 1.79 bits per heavy atom. The molecule has 1 fully saturated rings. The average Bonchev–Trinajstić information content (AvgIpc) is 3.40. The lowest BCUT2D eigenvalue weighted by molar-refractivity contribution is 0.0303. The summed E-state index contributed by atoms with van der Waals surface area (Å²) in [5.74, 6) is 0.494. The lowest BCUT2D eigenvalue weighted by Crippen LogP contribution is -2.40. The van der Waals surface area contributed by atoms with Crippen LogP contribution in [-0.2, 0) is 11.2 Å². The Kier molecular flexibility index (Phi) is 8.43. The topological polar surface area (TPSA) is 76.9 Å². The van der Waals surface area contributed by atoms with E-state index in [1.165, 1.54) is 0 Å². The Bertz CT molecular complexity index is 1350. The fourth-order valence-corrected chi connectivity index (χ4v) is 4.43. The number of amides is 2. The number of anilines is 1. The van der Waals surface area contributed by atoms with Gasteiger partial charge in [0.05, 0.1) is 26.0 Å². The van der Waals surface area contributed by atoms with Crippen molar-refractivity contribution < 1.29 is 19.1 Å². The van der Waals surface area contributed by atoms with Gasteiger partial charge in [-0.3, -0.25) is 9.59 Å². The molecule has 1 saturated heterocycles. The van der Waals surface area contributed by atoms with E-state index in [0.29, 0.717) is 49.7 Å². The molecular formula is C30H34N4O4. The van der Waals surface area contributed by atoms with Gasteiger partial charge < -0.3 is 19.3 Å². The first-order valence-electron chi connectivity index (χ1n) is 12.7. The molecule has 0 spiro atoms. The van der Waals surface area contributed by atoms with Crippen LogP contribution in [0.25, 0.3) is 5.70 Å². The fraction of sp³-hybridized carbons (Fsp3) is 0.300. The van der Waals surface area contributed by atoms with Gasteiger partial charge in [0.1, 0.15) is 5.75 Å². The Labute approximate surface area is 223 Å². The maximum Gasteiger partial charge on any atom is 0.278 e. The maximum absolute atomic E-state index is 13.5. The SMILES string of the molecule is C=C/C=C(/c1ccc(C)c(OC)c1)n1nc(C(=O)N(C)c2ccc(C(=O)N3CCOCC3)cc2)cc1CC. The van der Waals surface area contributed by atoms with Crippen LogP contribution in [0.2, 0.25) is 0 Å². The predicted molar refractivity (Wildman–Crippen MR) is 149 cm³/mol. The molecule has 0 aliphatic carbocycles. The van der Waals surface area contributed by atoms with Crippen LogP contribution >= 0.6 is 0 Å². The van der Waals surface area contributed by atoms with Gasteiger partial charge in [-0.15, -0.1) is 0 Å². The van der Waals surface area contributed by atoms with E-state index in [1.54, 1.807) is 59.0 Å². The van der Waals surface area contributed by atoms with E-state index in [-0.39, 0.29) is 11.8 Å². The van der Waals surface area contributed by atoms with E-state index >= 15 is 0 Å². The molecule has 0 atom stereocenters. The van der Waals surface area contributed by atoms with E-state index in [1.807, 2.05) is 44.2 Å². The first kappa shape index (κ1) is 26.9. The second kappa shape index (κ2) is 11.9. The Morgan fingerprint density at radius 1 is 1.11 bits per heavy atom. The molecule has 2 heterocycles. The van der Waals surface area contributed by atoms with Crippen LogP contribution in [0.1, 0.15) is 44.6 Å². The minimum Gasteiger partial charge on any atom is -0.496 e. The van der Waals surface area contributed by atoms with Crippen molar-refractivity contribution >= 4 is 23.2 Å². The smallest absolute Gasteiger partial charge is 0.278 e. The molecule has 8 heteroatoms. The summed E-state index contributed by atoms with van der Waals surface area (Å²) in [5, 5.41) is 4.70. The number of carbonyl (C=O) groups is 2. The monoisotopic (exact) mass is 514 g/mol. The van der Waals surface area contributed by atoms with Gasteiger partial charge in [0, 0.05) is 42.6 Å². The molecule has 8 nitrogen and oxygen atoms in total. The number of hydrogen-bond acceptors (Lipinski definition) is 5. The summed E-state index contributed by atoms with van der Waals surface area (Å²) in [6, 6.07) is 14.8. The zero-order valence-corrected chi connectivity index (χ0v) is 22.4. The zero-order chi connectivity index (χ0) is 27.2. The highest BCUT2D eigenvalue weighted by molar-refractivity contribution is 6.05. The van der Waals surface area contributed by atoms with Crippen LogP contribution in [0.3, 0.4) is 0 Å². The second-order valence-electron chi connectivity index (χ2n) is 9.07. The van der Waals surface area contributed by atoms with Gasteiger partial charge in [-0.05, 0) is 61.4 Å². The molecule has 38 heavy (non-hydrogen) atoms. The Morgan fingerprint density at radius 3 is 2.42 bits per heavy atom. The third kappa shape index (κ3) is 5.55. The summed E-state index contributed by atoms with van der Waals surface area (Å²) in [7, 11) is 3.35. The number of allylic oxidation sites excluding steroid dienone is 2. The molecule has 0 N–H and O–H groups in total. The number of benzene rings is 2. The Balaban J connectivity index is 1.59. The van der Waals surface area contributed by atoms with Gasteiger partial charge in [0.15, 0.2) is 5.69 Å². The number of hydrogen-bond donors (Lipinski definition) is 0. The number of nitrogens with zero attached hydrogens (tertiary/aromatic N) is 4. The van der Waals surface area contributed by atoms with Crippen LogP contribution in [0.15, 0.2) is 67.3 Å². The van der Waals surface area contributed by atoms with E-state index in [9.17, 15) is 9.59 Å². The van der Waals surface area contributed by atoms with Crippen molar-refractivity contribution in [1.29, 1.82) is 0 Å². The molecule has 198 valence electrons. The molecule has 4 rings (SSSR count). The van der Waals surface area contributed by atoms with Crippen molar-refractivity contribution in [2.45, 2.75) is 20.3 Å². The largest absolute Gasteiger partial charge is 0.496 e. The van der Waals surface area contributed by atoms with Crippen molar-refractivity contribution in [2.75, 3.05) is 45.4 Å². The van der Waals surface area contributed by atoms with E-state index < -0.39 is 0 Å². The molecule has 0 saturated carbocycles. The van der Waals surface area contributed by atoms with Crippen LogP contribution < -0.4 is 9.64 Å². The maximum atomic E-state index is 13.5. The highest BCUT2D eigenvalue weighted by Gasteiger charge is 2.22. The molecule has 2 aromatic carbocycles. The normalized spacial score (nSPS) is 13.8.